The summed E-state index contributed by atoms with van der Waals surface area (Å²) in [7, 11) is 0. The highest BCUT2D eigenvalue weighted by Gasteiger charge is 2.36. The van der Waals surface area contributed by atoms with Crippen LogP contribution in [0.3, 0.4) is 0 Å². The molecule has 0 aromatic heterocycles. The first kappa shape index (κ1) is 11.2. The van der Waals surface area contributed by atoms with Crippen LogP contribution in [0.25, 0.3) is 0 Å². The van der Waals surface area contributed by atoms with Crippen LogP contribution < -0.4 is 0 Å². The maximum Gasteiger partial charge on any atom is 0.169 e. The molecule has 0 aromatic rings. The molecule has 0 amide bonds. The molecule has 1 N–H and O–H groups in total. The molecule has 1 rings (SSSR count). The molecule has 80 valence electrons. The Morgan fingerprint density at radius 1 is 1.71 bits per heavy atom. The van der Waals surface area contributed by atoms with E-state index in [1.807, 2.05) is 0 Å². The number of Topliss-reactive ketones (excluding diaryl/α,β-unsaturated/α-hetero) is 1. The highest BCUT2D eigenvalue weighted by molar-refractivity contribution is 5.85. The molecule has 0 spiro atoms. The van der Waals surface area contributed by atoms with Gasteiger partial charge in [-0.2, -0.15) is 4.91 Å². The number of hydrogen-bond donors (Lipinski definition) is 1. The van der Waals surface area contributed by atoms with E-state index in [1.54, 1.807) is 0 Å². The predicted molar refractivity (Wildman–Crippen MR) is 46.3 cm³/mol. The van der Waals surface area contributed by atoms with Crippen LogP contribution in [0.1, 0.15) is 20.3 Å². The van der Waals surface area contributed by atoms with Crippen LogP contribution in [0, 0.1) is 4.91 Å². The molecule has 14 heavy (non-hydrogen) atoms. The van der Waals surface area contributed by atoms with Crippen LogP contribution in [0.4, 0.5) is 0 Å². The number of ketones is 1. The number of aliphatic hydroxyl groups is 1. The lowest BCUT2D eigenvalue weighted by atomic mass is 10.2. The van der Waals surface area contributed by atoms with Gasteiger partial charge in [0.05, 0.1) is 6.42 Å². The Morgan fingerprint density at radius 2 is 2.36 bits per heavy atom. The lowest BCUT2D eigenvalue weighted by Crippen LogP contribution is -2.30. The van der Waals surface area contributed by atoms with Crippen molar-refractivity contribution in [2.75, 3.05) is 6.54 Å². The predicted octanol–water partition coefficient (Wildman–Crippen LogP) is 0.182. The lowest BCUT2D eigenvalue weighted by Gasteiger charge is -2.22. The summed E-state index contributed by atoms with van der Waals surface area (Å²) < 4.78 is 10.1. The van der Waals surface area contributed by atoms with Crippen LogP contribution in [0.2, 0.25) is 0 Å². The summed E-state index contributed by atoms with van der Waals surface area (Å²) in [6, 6.07) is 0. The van der Waals surface area contributed by atoms with Crippen molar-refractivity contribution in [1.29, 1.82) is 0 Å². The number of nitrogens with zero attached hydrogens (tertiary/aromatic N) is 1. The molecule has 0 radical (unpaired) electrons. The lowest BCUT2D eigenvalue weighted by molar-refractivity contribution is -0.267. The van der Waals surface area contributed by atoms with E-state index in [9.17, 15) is 14.8 Å². The van der Waals surface area contributed by atoms with E-state index in [2.05, 4.69) is 5.18 Å². The zero-order chi connectivity index (χ0) is 10.8. The molecule has 1 heterocycles. The molecule has 1 aliphatic heterocycles. The largest absolute Gasteiger partial charge is 0.366 e. The van der Waals surface area contributed by atoms with Crippen molar-refractivity contribution in [3.8, 4) is 0 Å². The van der Waals surface area contributed by atoms with E-state index in [1.165, 1.54) is 13.8 Å². The van der Waals surface area contributed by atoms with E-state index in [0.717, 1.165) is 0 Å². The highest BCUT2D eigenvalue weighted by atomic mass is 16.7. The number of carbonyl (C=O) groups excluding carboxylic acids is 1. The Balaban J connectivity index is 2.46. The third-order valence-electron chi connectivity index (χ3n) is 1.70. The Kier molecular flexibility index (Phi) is 3.30. The number of ether oxygens (including phenoxy) is 2. The maximum absolute atomic E-state index is 11.2. The standard InChI is InChI=1S/C8H13NO5/c1-8(2,11)14-7-3-5(10)6(13-7)4-9-12/h6-7,11H,3-4H2,1-2H3/t6-,7-/m1/s1. The molecule has 0 unspecified atom stereocenters. The summed E-state index contributed by atoms with van der Waals surface area (Å²) in [5, 5.41) is 11.9. The molecule has 6 nitrogen and oxygen atoms in total. The molecule has 6 heteroatoms. The van der Waals surface area contributed by atoms with Gasteiger partial charge < -0.3 is 14.6 Å². The van der Waals surface area contributed by atoms with Crippen molar-refractivity contribution >= 4 is 5.78 Å². The van der Waals surface area contributed by atoms with Gasteiger partial charge in [-0.3, -0.25) is 4.79 Å². The number of rotatable bonds is 4. The van der Waals surface area contributed by atoms with Crippen molar-refractivity contribution in [2.45, 2.75) is 38.4 Å². The van der Waals surface area contributed by atoms with Gasteiger partial charge in [0.15, 0.2) is 17.9 Å². The van der Waals surface area contributed by atoms with Gasteiger partial charge in [-0.25, -0.2) is 0 Å². The molecule has 0 aromatic carbocycles. The first-order valence-electron chi connectivity index (χ1n) is 4.30. The molecule has 1 saturated heterocycles. The van der Waals surface area contributed by atoms with E-state index in [4.69, 9.17) is 9.47 Å². The molecule has 2 atom stereocenters. The van der Waals surface area contributed by atoms with Crippen molar-refractivity contribution in [1.82, 2.24) is 0 Å². The third kappa shape index (κ3) is 3.13. The van der Waals surface area contributed by atoms with Gasteiger partial charge in [0, 0.05) is 0 Å². The van der Waals surface area contributed by atoms with E-state index < -0.39 is 18.2 Å². The van der Waals surface area contributed by atoms with Crippen LogP contribution >= 0.6 is 0 Å². The molecule has 0 aliphatic carbocycles. The number of nitroso groups, excluding NO2 is 1. The Morgan fingerprint density at radius 3 is 2.86 bits per heavy atom. The summed E-state index contributed by atoms with van der Waals surface area (Å²) in [5.41, 5.74) is 0. The summed E-state index contributed by atoms with van der Waals surface area (Å²) in [4.78, 5) is 21.1. The maximum atomic E-state index is 11.2. The van der Waals surface area contributed by atoms with Gasteiger partial charge in [-0.1, -0.05) is 5.18 Å². The van der Waals surface area contributed by atoms with Crippen molar-refractivity contribution in [2.24, 2.45) is 5.18 Å². The van der Waals surface area contributed by atoms with Crippen molar-refractivity contribution in [3.05, 3.63) is 4.91 Å². The van der Waals surface area contributed by atoms with Crippen molar-refractivity contribution in [3.63, 3.8) is 0 Å². The average Bonchev–Trinajstić information content (AvgIpc) is 2.28. The Bertz CT molecular complexity index is 234. The minimum absolute atomic E-state index is 0.0458. The SMILES string of the molecule is CC(C)(O)O[C@@H]1CC(=O)[C@@H](CN=O)O1. The number of hydrogen-bond acceptors (Lipinski definition) is 6. The van der Waals surface area contributed by atoms with Crippen molar-refractivity contribution < 1.29 is 19.4 Å². The summed E-state index contributed by atoms with van der Waals surface area (Å²) in [6.07, 6.45) is -1.56. The molecule has 1 aliphatic rings. The molecular formula is C8H13NO5. The van der Waals surface area contributed by atoms with Gasteiger partial charge >= 0.3 is 0 Å². The van der Waals surface area contributed by atoms with Crippen LogP contribution in [0.15, 0.2) is 5.18 Å². The summed E-state index contributed by atoms with van der Waals surface area (Å²) in [5.74, 6) is -1.58. The normalized spacial score (nSPS) is 28.1. The van der Waals surface area contributed by atoms with Gasteiger partial charge in [0.1, 0.15) is 12.6 Å². The molecule has 0 bridgehead atoms. The summed E-state index contributed by atoms with van der Waals surface area (Å²) in [6.45, 7) is 2.67. The second-order valence-electron chi connectivity index (χ2n) is 3.60. The van der Waals surface area contributed by atoms with E-state index >= 15 is 0 Å². The second-order valence-corrected chi connectivity index (χ2v) is 3.60. The molecular weight excluding hydrogens is 190 g/mol. The summed E-state index contributed by atoms with van der Waals surface area (Å²) >= 11 is 0. The first-order chi connectivity index (χ1) is 6.42. The zero-order valence-corrected chi connectivity index (χ0v) is 8.10. The van der Waals surface area contributed by atoms with Gasteiger partial charge in [-0.15, -0.1) is 0 Å². The third-order valence-corrected chi connectivity index (χ3v) is 1.70. The van der Waals surface area contributed by atoms with Crippen LogP contribution in [0.5, 0.6) is 0 Å². The molecule has 1 fully saturated rings. The fourth-order valence-corrected chi connectivity index (χ4v) is 1.21. The minimum Gasteiger partial charge on any atom is -0.366 e. The van der Waals surface area contributed by atoms with E-state index in [-0.39, 0.29) is 18.7 Å². The highest BCUT2D eigenvalue weighted by Crippen LogP contribution is 2.21. The Labute approximate surface area is 81.2 Å². The number of carbonyl (C=O) groups is 1. The quantitative estimate of drug-likeness (QED) is 0.520. The van der Waals surface area contributed by atoms with Gasteiger partial charge in [-0.05, 0) is 13.8 Å². The topological polar surface area (TPSA) is 85.2 Å². The minimum atomic E-state index is -1.35. The van der Waals surface area contributed by atoms with Gasteiger partial charge in [0.25, 0.3) is 0 Å². The Hall–Kier alpha value is -0.850. The monoisotopic (exact) mass is 203 g/mol. The fraction of sp³-hybridized carbons (Fsp3) is 0.875. The zero-order valence-electron chi connectivity index (χ0n) is 8.10. The molecule has 0 saturated carbocycles. The smallest absolute Gasteiger partial charge is 0.169 e. The van der Waals surface area contributed by atoms with Gasteiger partial charge in [0.2, 0.25) is 0 Å². The first-order valence-corrected chi connectivity index (χ1v) is 4.30. The second kappa shape index (κ2) is 4.12. The van der Waals surface area contributed by atoms with Crippen LogP contribution in [-0.2, 0) is 14.3 Å². The van der Waals surface area contributed by atoms with E-state index in [0.29, 0.717) is 0 Å². The fourth-order valence-electron chi connectivity index (χ4n) is 1.21. The van der Waals surface area contributed by atoms with Crippen LogP contribution in [-0.4, -0.2) is 35.6 Å². The average molecular weight is 203 g/mol.